The van der Waals surface area contributed by atoms with E-state index in [4.69, 9.17) is 21.1 Å². The lowest BCUT2D eigenvalue weighted by atomic mass is 10.0. The molecule has 2 N–H and O–H groups in total. The summed E-state index contributed by atoms with van der Waals surface area (Å²) in [5, 5.41) is 13.0. The molecule has 0 atom stereocenters. The quantitative estimate of drug-likeness (QED) is 0.618. The van der Waals surface area contributed by atoms with E-state index < -0.39 is 5.97 Å². The Hall–Kier alpha value is -2.51. The van der Waals surface area contributed by atoms with Crippen molar-refractivity contribution < 1.29 is 19.4 Å². The number of halogens is 1. The number of nitrogens with one attached hydrogen (secondary N) is 1. The van der Waals surface area contributed by atoms with Crippen molar-refractivity contribution in [2.45, 2.75) is 39.3 Å². The zero-order valence-corrected chi connectivity index (χ0v) is 18.1. The predicted molar refractivity (Wildman–Crippen MR) is 117 cm³/mol. The maximum Gasteiger partial charge on any atom is 0.337 e. The van der Waals surface area contributed by atoms with Crippen LogP contribution in [0.4, 0.5) is 5.82 Å². The van der Waals surface area contributed by atoms with Crippen molar-refractivity contribution in [1.29, 1.82) is 0 Å². The smallest absolute Gasteiger partial charge is 0.337 e. The highest BCUT2D eigenvalue weighted by Gasteiger charge is 2.24. The molecule has 1 aromatic heterocycles. The summed E-state index contributed by atoms with van der Waals surface area (Å²) in [6.45, 7) is 7.29. The van der Waals surface area contributed by atoms with Crippen molar-refractivity contribution >= 4 is 23.4 Å². The lowest BCUT2D eigenvalue weighted by molar-refractivity contribution is 0.0696. The van der Waals surface area contributed by atoms with E-state index in [1.165, 1.54) is 6.20 Å². The first-order valence-corrected chi connectivity index (χ1v) is 10.7. The number of nitrogens with zero attached hydrogens (tertiary/aromatic N) is 2. The Balaban J connectivity index is 1.95. The van der Waals surface area contributed by atoms with Crippen LogP contribution < -0.4 is 19.7 Å². The minimum Gasteiger partial charge on any atom is -0.492 e. The molecule has 1 aromatic carbocycles. The third-order valence-corrected chi connectivity index (χ3v) is 5.43. The number of aromatic nitrogens is 1. The minimum absolute atomic E-state index is 0.174. The number of carbonyl (C=O) groups is 1. The van der Waals surface area contributed by atoms with Crippen molar-refractivity contribution in [3.63, 3.8) is 0 Å². The summed E-state index contributed by atoms with van der Waals surface area (Å²) in [6, 6.07) is 7.53. The van der Waals surface area contributed by atoms with Gasteiger partial charge in [0.15, 0.2) is 0 Å². The maximum atomic E-state index is 11.2. The standard InChI is InChI=1S/C22H28ClN3O4/c1-3-29-18-11-15(12-19(21(18)23)30-4-2)14-26(17-7-9-24-10-8-17)20-6-5-16(13-25-20)22(27)28/h5-6,11-13,17,24H,3-4,7-10,14H2,1-2H3,(H,27,28). The Kier molecular flexibility index (Phi) is 7.76. The van der Waals surface area contributed by atoms with Gasteiger partial charge in [-0.3, -0.25) is 0 Å². The number of carboxylic acid groups (broad SMARTS) is 1. The van der Waals surface area contributed by atoms with E-state index in [1.54, 1.807) is 12.1 Å². The van der Waals surface area contributed by atoms with Crippen LogP contribution in [-0.2, 0) is 6.54 Å². The van der Waals surface area contributed by atoms with Gasteiger partial charge in [0.05, 0.1) is 18.8 Å². The molecule has 0 aliphatic carbocycles. The van der Waals surface area contributed by atoms with Gasteiger partial charge in [0, 0.05) is 18.8 Å². The van der Waals surface area contributed by atoms with Crippen LogP contribution in [0.5, 0.6) is 11.5 Å². The van der Waals surface area contributed by atoms with Gasteiger partial charge in [-0.25, -0.2) is 9.78 Å². The van der Waals surface area contributed by atoms with E-state index >= 15 is 0 Å². The first kappa shape index (κ1) is 22.2. The van der Waals surface area contributed by atoms with E-state index in [0.717, 1.165) is 37.3 Å². The van der Waals surface area contributed by atoms with E-state index in [0.29, 0.717) is 36.3 Å². The number of benzene rings is 1. The molecule has 30 heavy (non-hydrogen) atoms. The fraction of sp³-hybridized carbons (Fsp3) is 0.455. The molecule has 0 saturated carbocycles. The average Bonchev–Trinajstić information content (AvgIpc) is 2.76. The largest absolute Gasteiger partial charge is 0.492 e. The average molecular weight is 434 g/mol. The molecule has 162 valence electrons. The Morgan fingerprint density at radius 1 is 1.20 bits per heavy atom. The Morgan fingerprint density at radius 2 is 1.83 bits per heavy atom. The normalized spacial score (nSPS) is 14.4. The van der Waals surface area contributed by atoms with Crippen LogP contribution in [0, 0.1) is 0 Å². The Labute approximate surface area is 182 Å². The highest BCUT2D eigenvalue weighted by atomic mass is 35.5. The molecule has 3 rings (SSSR count). The van der Waals surface area contributed by atoms with Crippen molar-refractivity contribution in [3.8, 4) is 11.5 Å². The second kappa shape index (κ2) is 10.5. The number of carboxylic acids is 1. The molecule has 1 fully saturated rings. The van der Waals surface area contributed by atoms with Crippen molar-refractivity contribution in [1.82, 2.24) is 10.3 Å². The molecule has 0 spiro atoms. The number of rotatable bonds is 9. The van der Waals surface area contributed by atoms with Gasteiger partial charge < -0.3 is 24.8 Å². The number of piperidine rings is 1. The topological polar surface area (TPSA) is 83.9 Å². The molecule has 1 aliphatic heterocycles. The molecule has 8 heteroatoms. The third kappa shape index (κ3) is 5.34. The number of anilines is 1. The van der Waals surface area contributed by atoms with Gasteiger partial charge in [-0.1, -0.05) is 11.6 Å². The van der Waals surface area contributed by atoms with Gasteiger partial charge in [-0.05, 0) is 69.6 Å². The van der Waals surface area contributed by atoms with Crippen LogP contribution in [0.2, 0.25) is 5.02 Å². The molecule has 2 heterocycles. The fourth-order valence-corrected chi connectivity index (χ4v) is 3.85. The lowest BCUT2D eigenvalue weighted by Crippen LogP contribution is -2.43. The van der Waals surface area contributed by atoms with Crippen LogP contribution in [0.25, 0.3) is 0 Å². The maximum absolute atomic E-state index is 11.2. The molecule has 0 bridgehead atoms. The summed E-state index contributed by atoms with van der Waals surface area (Å²) < 4.78 is 11.4. The first-order valence-electron chi connectivity index (χ1n) is 10.3. The van der Waals surface area contributed by atoms with Gasteiger partial charge in [0.2, 0.25) is 0 Å². The first-order chi connectivity index (χ1) is 14.5. The molecule has 1 saturated heterocycles. The van der Waals surface area contributed by atoms with Crippen LogP contribution in [-0.4, -0.2) is 48.4 Å². The number of hydrogen-bond donors (Lipinski definition) is 2. The highest BCUT2D eigenvalue weighted by molar-refractivity contribution is 6.33. The second-order valence-corrected chi connectivity index (χ2v) is 7.47. The molecule has 0 unspecified atom stereocenters. The third-order valence-electron chi connectivity index (χ3n) is 5.06. The summed E-state index contributed by atoms with van der Waals surface area (Å²) >= 11 is 6.45. The van der Waals surface area contributed by atoms with Crippen molar-refractivity contribution in [2.24, 2.45) is 0 Å². The zero-order valence-electron chi connectivity index (χ0n) is 17.4. The van der Waals surface area contributed by atoms with Gasteiger partial charge in [-0.2, -0.15) is 0 Å². The van der Waals surface area contributed by atoms with Gasteiger partial charge in [0.1, 0.15) is 22.3 Å². The van der Waals surface area contributed by atoms with Gasteiger partial charge in [-0.15, -0.1) is 0 Å². The molecule has 7 nitrogen and oxygen atoms in total. The van der Waals surface area contributed by atoms with Crippen molar-refractivity contribution in [3.05, 3.63) is 46.6 Å². The fourth-order valence-electron chi connectivity index (χ4n) is 3.63. The van der Waals surface area contributed by atoms with Crippen LogP contribution in [0.3, 0.4) is 0 Å². The summed E-state index contributed by atoms with van der Waals surface area (Å²) in [6.07, 6.45) is 3.37. The zero-order chi connectivity index (χ0) is 21.5. The molecule has 1 aliphatic rings. The minimum atomic E-state index is -0.983. The molecule has 2 aromatic rings. The molecular weight excluding hydrogens is 406 g/mol. The van der Waals surface area contributed by atoms with Crippen molar-refractivity contribution in [2.75, 3.05) is 31.2 Å². The number of pyridine rings is 1. The van der Waals surface area contributed by atoms with Crippen LogP contribution in [0.15, 0.2) is 30.5 Å². The summed E-state index contributed by atoms with van der Waals surface area (Å²) in [4.78, 5) is 17.9. The molecule has 0 radical (unpaired) electrons. The van der Waals surface area contributed by atoms with E-state index in [-0.39, 0.29) is 11.6 Å². The number of ether oxygens (including phenoxy) is 2. The Bertz CT molecular complexity index is 827. The number of hydrogen-bond acceptors (Lipinski definition) is 6. The number of aromatic carboxylic acids is 1. The SMILES string of the molecule is CCOc1cc(CN(c2ccc(C(=O)O)cn2)C2CCNCC2)cc(OCC)c1Cl. The molecule has 0 amide bonds. The Morgan fingerprint density at radius 3 is 2.33 bits per heavy atom. The second-order valence-electron chi connectivity index (χ2n) is 7.09. The van der Waals surface area contributed by atoms with Gasteiger partial charge >= 0.3 is 5.97 Å². The van der Waals surface area contributed by atoms with Crippen LogP contribution in [0.1, 0.15) is 42.6 Å². The van der Waals surface area contributed by atoms with E-state index in [9.17, 15) is 9.90 Å². The predicted octanol–water partition coefficient (Wildman–Crippen LogP) is 3.99. The molecular formula is C22H28ClN3O4. The monoisotopic (exact) mass is 433 g/mol. The summed E-state index contributed by atoms with van der Waals surface area (Å²) in [5.41, 5.74) is 1.17. The lowest BCUT2D eigenvalue weighted by Gasteiger charge is -2.36. The van der Waals surface area contributed by atoms with E-state index in [1.807, 2.05) is 26.0 Å². The van der Waals surface area contributed by atoms with E-state index in [2.05, 4.69) is 15.2 Å². The summed E-state index contributed by atoms with van der Waals surface area (Å²) in [7, 11) is 0. The van der Waals surface area contributed by atoms with Crippen LogP contribution >= 0.6 is 11.6 Å². The highest BCUT2D eigenvalue weighted by Crippen LogP contribution is 2.37. The van der Waals surface area contributed by atoms with Gasteiger partial charge in [0.25, 0.3) is 0 Å². The summed E-state index contributed by atoms with van der Waals surface area (Å²) in [5.74, 6) is 0.958.